The van der Waals surface area contributed by atoms with Crippen LogP contribution in [0, 0.1) is 11.3 Å². The molecule has 1 saturated carbocycles. The van der Waals surface area contributed by atoms with Crippen molar-refractivity contribution in [1.29, 1.82) is 0 Å². The van der Waals surface area contributed by atoms with Crippen LogP contribution in [0.25, 0.3) is 21.9 Å². The molecule has 2 unspecified atom stereocenters. The van der Waals surface area contributed by atoms with Crippen LogP contribution in [0.2, 0.25) is 0 Å². The second kappa shape index (κ2) is 18.4. The van der Waals surface area contributed by atoms with Crippen molar-refractivity contribution in [2.75, 3.05) is 71.6 Å². The number of rotatable bonds is 11. The summed E-state index contributed by atoms with van der Waals surface area (Å²) in [6.45, 7) is 4.60. The van der Waals surface area contributed by atoms with E-state index in [2.05, 4.69) is 20.1 Å². The number of aromatic nitrogens is 2. The summed E-state index contributed by atoms with van der Waals surface area (Å²) in [4.78, 5) is 75.3. The molecule has 10 rings (SSSR count). The minimum absolute atomic E-state index is 0.0252. The van der Waals surface area contributed by atoms with E-state index in [1.54, 1.807) is 44.6 Å². The number of methoxy groups -OCH3 is 2. The van der Waals surface area contributed by atoms with Crippen molar-refractivity contribution in [3.05, 3.63) is 75.8 Å². The standard InChI is InChI=1S/C50H56F3N7O9/c1-56-27-37(34-23-42(54-26-36(34)46(56)63)58-16-18-68-19-17-58)30-20-40(66-2)38(41(21-30)67-3)28-57-12-8-29(9-13-57)44(50(51,52)53)59-14-10-49(11-15-59)24-32(25-49)69-31-4-5-33-35(22-31)48(65)60(47(33)64)39-6-7-43(61)55-45(39)62/h4-5,20-23,26-27,29,32,39,44H,6-19,24-25,28H2,1-3H3,(H,55,61,62). The van der Waals surface area contributed by atoms with Gasteiger partial charge in [-0.25, -0.2) is 4.98 Å². The number of imide groups is 2. The number of carbonyl (C=O) groups is 4. The van der Waals surface area contributed by atoms with E-state index in [4.69, 9.17) is 18.9 Å². The fourth-order valence-electron chi connectivity index (χ4n) is 11.7. The minimum atomic E-state index is -4.39. The zero-order valence-corrected chi connectivity index (χ0v) is 38.9. The third kappa shape index (κ3) is 8.81. The summed E-state index contributed by atoms with van der Waals surface area (Å²) in [5, 5.41) is 3.43. The second-order valence-electron chi connectivity index (χ2n) is 19.4. The molecular weight excluding hydrogens is 900 g/mol. The smallest absolute Gasteiger partial charge is 0.404 e. The first-order valence-corrected chi connectivity index (χ1v) is 23.8. The lowest BCUT2D eigenvalue weighted by Crippen LogP contribution is -2.58. The van der Waals surface area contributed by atoms with E-state index in [0.29, 0.717) is 120 Å². The van der Waals surface area contributed by atoms with Gasteiger partial charge in [0, 0.05) is 56.4 Å². The first kappa shape index (κ1) is 46.7. The second-order valence-corrected chi connectivity index (χ2v) is 19.4. The molecule has 69 heavy (non-hydrogen) atoms. The van der Waals surface area contributed by atoms with Crippen LogP contribution in [-0.2, 0) is 27.9 Å². The van der Waals surface area contributed by atoms with E-state index in [9.17, 15) is 24.0 Å². The van der Waals surface area contributed by atoms with Gasteiger partial charge in [-0.15, -0.1) is 0 Å². The highest BCUT2D eigenvalue weighted by Gasteiger charge is 2.53. The van der Waals surface area contributed by atoms with Gasteiger partial charge in [0.15, 0.2) is 0 Å². The van der Waals surface area contributed by atoms with Crippen LogP contribution >= 0.6 is 0 Å². The van der Waals surface area contributed by atoms with Crippen molar-refractivity contribution in [3.8, 4) is 28.4 Å². The zero-order valence-electron chi connectivity index (χ0n) is 38.9. The van der Waals surface area contributed by atoms with E-state index < -0.39 is 47.8 Å². The molecule has 19 heteroatoms. The molecule has 0 radical (unpaired) electrons. The summed E-state index contributed by atoms with van der Waals surface area (Å²) in [6, 6.07) is 7.82. The van der Waals surface area contributed by atoms with Crippen molar-refractivity contribution in [1.82, 2.24) is 29.6 Å². The van der Waals surface area contributed by atoms with Gasteiger partial charge in [-0.3, -0.25) is 44.0 Å². The molecule has 1 N–H and O–H groups in total. The molecule has 0 bridgehead atoms. The number of carbonyl (C=O) groups excluding carboxylic acids is 4. The predicted octanol–water partition coefficient (Wildman–Crippen LogP) is 5.32. The molecule has 2 aromatic heterocycles. The Morgan fingerprint density at radius 3 is 2.17 bits per heavy atom. The molecule has 16 nitrogen and oxygen atoms in total. The summed E-state index contributed by atoms with van der Waals surface area (Å²) in [5.41, 5.74) is 2.37. The van der Waals surface area contributed by atoms with Gasteiger partial charge in [0.1, 0.15) is 35.2 Å². The largest absolute Gasteiger partial charge is 0.496 e. The maximum atomic E-state index is 15.1. The van der Waals surface area contributed by atoms with Crippen LogP contribution in [-0.4, -0.2) is 139 Å². The quantitative estimate of drug-likeness (QED) is 0.192. The van der Waals surface area contributed by atoms with Gasteiger partial charge in [-0.1, -0.05) is 0 Å². The van der Waals surface area contributed by atoms with Crippen molar-refractivity contribution in [3.63, 3.8) is 0 Å². The Hall–Kier alpha value is -6.05. The lowest BCUT2D eigenvalue weighted by molar-refractivity contribution is -0.210. The van der Waals surface area contributed by atoms with Crippen molar-refractivity contribution in [2.24, 2.45) is 18.4 Å². The Labute approximate surface area is 396 Å². The number of benzene rings is 2. The Morgan fingerprint density at radius 2 is 1.52 bits per heavy atom. The maximum Gasteiger partial charge on any atom is 0.404 e. The number of fused-ring (bicyclic) bond motifs is 2. The Balaban J connectivity index is 0.762. The molecule has 1 spiro atoms. The van der Waals surface area contributed by atoms with Crippen LogP contribution in [0.4, 0.5) is 19.0 Å². The van der Waals surface area contributed by atoms with Crippen molar-refractivity contribution >= 4 is 40.2 Å². The third-order valence-corrected chi connectivity index (χ3v) is 15.4. The number of likely N-dealkylation sites (tertiary alicyclic amines) is 2. The number of hydrogen-bond donors (Lipinski definition) is 1. The summed E-state index contributed by atoms with van der Waals surface area (Å²) in [6.07, 6.45) is 2.28. The number of nitrogens with zero attached hydrogens (tertiary/aromatic N) is 6. The Bertz CT molecular complexity index is 2730. The molecule has 1 aliphatic carbocycles. The van der Waals surface area contributed by atoms with Crippen LogP contribution in [0.1, 0.15) is 77.6 Å². The summed E-state index contributed by atoms with van der Waals surface area (Å²) in [7, 11) is 4.88. The van der Waals surface area contributed by atoms with E-state index in [1.807, 2.05) is 18.2 Å². The lowest BCUT2D eigenvalue weighted by atomic mass is 9.61. The molecular formula is C50H56F3N7O9. The molecule has 366 valence electrons. The molecule has 4 saturated heterocycles. The van der Waals surface area contributed by atoms with E-state index in [-0.39, 0.29) is 41.0 Å². The Kier molecular flexibility index (Phi) is 12.4. The highest BCUT2D eigenvalue weighted by molar-refractivity contribution is 6.23. The van der Waals surface area contributed by atoms with E-state index >= 15 is 13.2 Å². The van der Waals surface area contributed by atoms with E-state index in [1.165, 1.54) is 16.7 Å². The van der Waals surface area contributed by atoms with Gasteiger partial charge >= 0.3 is 6.18 Å². The number of ether oxygens (including phenoxy) is 4. The fraction of sp³-hybridized carbons (Fsp3) is 0.520. The van der Waals surface area contributed by atoms with Gasteiger partial charge in [0.25, 0.3) is 17.4 Å². The maximum absolute atomic E-state index is 15.1. The minimum Gasteiger partial charge on any atom is -0.496 e. The highest BCUT2D eigenvalue weighted by atomic mass is 19.4. The SMILES string of the molecule is COc1cc(-c2cn(C)c(=O)c3cnc(N4CCOCC4)cc23)cc(OC)c1CN1CCC(C(N2CCC3(CC2)CC(Oc2ccc4c(c2)C(=O)N(C2CCC(=O)NC2=O)C4=O)C3)C(F)(F)F)CC1. The average Bonchev–Trinajstić information content (AvgIpc) is 3.57. The monoisotopic (exact) mass is 955 g/mol. The summed E-state index contributed by atoms with van der Waals surface area (Å²) >= 11 is 0. The number of alkyl halides is 3. The van der Waals surface area contributed by atoms with Crippen LogP contribution in [0.3, 0.4) is 0 Å². The number of morpholine rings is 1. The molecule has 6 aliphatic rings. The number of anilines is 1. The van der Waals surface area contributed by atoms with Gasteiger partial charge in [-0.05, 0) is 124 Å². The zero-order chi connectivity index (χ0) is 48.4. The van der Waals surface area contributed by atoms with Crippen LogP contribution < -0.4 is 30.0 Å². The van der Waals surface area contributed by atoms with Gasteiger partial charge in [-0.2, -0.15) is 13.2 Å². The molecule has 2 atom stereocenters. The van der Waals surface area contributed by atoms with Gasteiger partial charge in [0.2, 0.25) is 11.8 Å². The fourth-order valence-corrected chi connectivity index (χ4v) is 11.7. The molecule has 2 aromatic carbocycles. The van der Waals surface area contributed by atoms with Crippen LogP contribution in [0.15, 0.2) is 53.6 Å². The van der Waals surface area contributed by atoms with Gasteiger partial charge in [0.05, 0.1) is 55.6 Å². The number of hydrogen-bond acceptors (Lipinski definition) is 13. The van der Waals surface area contributed by atoms with Crippen molar-refractivity contribution in [2.45, 2.75) is 82.3 Å². The molecule has 7 heterocycles. The number of piperidine rings is 3. The normalized spacial score (nSPS) is 22.2. The predicted molar refractivity (Wildman–Crippen MR) is 246 cm³/mol. The third-order valence-electron chi connectivity index (χ3n) is 15.4. The first-order chi connectivity index (χ1) is 33.1. The van der Waals surface area contributed by atoms with Crippen LogP contribution in [0.5, 0.6) is 17.2 Å². The number of amides is 4. The highest BCUT2D eigenvalue weighted by Crippen LogP contribution is 2.52. The van der Waals surface area contributed by atoms with E-state index in [0.717, 1.165) is 32.8 Å². The summed E-state index contributed by atoms with van der Waals surface area (Å²) < 4.78 is 70.4. The average molecular weight is 956 g/mol. The number of nitrogens with one attached hydrogen (secondary N) is 1. The Morgan fingerprint density at radius 1 is 0.841 bits per heavy atom. The number of halogens is 3. The first-order valence-electron chi connectivity index (χ1n) is 23.8. The molecule has 4 amide bonds. The number of pyridine rings is 2. The molecule has 5 aliphatic heterocycles. The van der Waals surface area contributed by atoms with Crippen molar-refractivity contribution < 1.29 is 51.3 Å². The number of aryl methyl sites for hydroxylation is 1. The molecule has 4 aromatic rings. The topological polar surface area (TPSA) is 165 Å². The molecule has 5 fully saturated rings. The summed E-state index contributed by atoms with van der Waals surface area (Å²) in [5.74, 6) is -0.587. The lowest BCUT2D eigenvalue weighted by Gasteiger charge is -2.53. The van der Waals surface area contributed by atoms with Gasteiger partial charge < -0.3 is 28.4 Å².